The fourth-order valence-electron chi connectivity index (χ4n) is 0.676. The molecule has 3 heteroatoms. The van der Waals surface area contributed by atoms with Crippen LogP contribution in [0.1, 0.15) is 10.5 Å². The molecule has 0 amide bonds. The number of nitrogen functional groups attached to an aromatic ring is 1. The highest BCUT2D eigenvalue weighted by Crippen LogP contribution is 2.06. The van der Waals surface area contributed by atoms with Gasteiger partial charge in [-0.25, -0.2) is 4.98 Å². The van der Waals surface area contributed by atoms with Crippen molar-refractivity contribution in [1.29, 1.82) is 0 Å². The molecule has 0 aliphatic heterocycles. The summed E-state index contributed by atoms with van der Waals surface area (Å²) in [6.07, 6.45) is 6.35. The highest BCUT2D eigenvalue weighted by Gasteiger charge is 2.05. The Morgan fingerprint density at radius 2 is 2.45 bits per heavy atom. The number of nitrogens with zero attached hydrogens (tertiary/aromatic N) is 1. The fraction of sp³-hybridized carbons (Fsp3) is 0. The van der Waals surface area contributed by atoms with E-state index in [1.807, 2.05) is 5.92 Å². The summed E-state index contributed by atoms with van der Waals surface area (Å²) in [6.45, 7) is 0. The number of pyridine rings is 1. The minimum atomic E-state index is -0.483. The van der Waals surface area contributed by atoms with Gasteiger partial charge in [0, 0.05) is 6.20 Å². The molecule has 0 spiro atoms. The molecule has 0 radical (unpaired) electrons. The van der Waals surface area contributed by atoms with Crippen LogP contribution in [0.25, 0.3) is 0 Å². The van der Waals surface area contributed by atoms with Crippen molar-refractivity contribution in [1.82, 2.24) is 4.98 Å². The van der Waals surface area contributed by atoms with Crippen LogP contribution in [-0.4, -0.2) is 10.8 Å². The number of hydrogen-bond acceptors (Lipinski definition) is 3. The van der Waals surface area contributed by atoms with Crippen molar-refractivity contribution in [2.24, 2.45) is 0 Å². The number of Topliss-reactive ketones (excluding diaryl/α,β-unsaturated/α-hetero) is 1. The zero-order valence-corrected chi connectivity index (χ0v) is 5.74. The maximum absolute atomic E-state index is 10.9. The minimum absolute atomic E-state index is 0.148. The maximum atomic E-state index is 10.9. The third kappa shape index (κ3) is 1.36. The second-order valence-corrected chi connectivity index (χ2v) is 1.91. The van der Waals surface area contributed by atoms with Gasteiger partial charge in [0.05, 0.1) is 5.69 Å². The van der Waals surface area contributed by atoms with Gasteiger partial charge in [0.1, 0.15) is 5.69 Å². The number of terminal acetylenes is 1. The van der Waals surface area contributed by atoms with Gasteiger partial charge in [-0.1, -0.05) is 0 Å². The normalized spacial score (nSPS) is 8.64. The van der Waals surface area contributed by atoms with Crippen molar-refractivity contribution in [2.45, 2.75) is 0 Å². The van der Waals surface area contributed by atoms with Crippen molar-refractivity contribution >= 4 is 11.5 Å². The molecule has 0 unspecified atom stereocenters. The van der Waals surface area contributed by atoms with E-state index in [2.05, 4.69) is 4.98 Å². The Balaban J connectivity index is 3.16. The van der Waals surface area contributed by atoms with Gasteiger partial charge in [-0.15, -0.1) is 6.42 Å². The van der Waals surface area contributed by atoms with Crippen LogP contribution in [-0.2, 0) is 0 Å². The monoisotopic (exact) mass is 146 g/mol. The smallest absolute Gasteiger partial charge is 0.256 e. The molecular weight excluding hydrogens is 140 g/mol. The van der Waals surface area contributed by atoms with Gasteiger partial charge in [-0.2, -0.15) is 0 Å². The zero-order chi connectivity index (χ0) is 8.27. The highest BCUT2D eigenvalue weighted by molar-refractivity contribution is 6.10. The van der Waals surface area contributed by atoms with E-state index in [9.17, 15) is 4.79 Å². The van der Waals surface area contributed by atoms with Crippen LogP contribution < -0.4 is 5.73 Å². The molecule has 1 aromatic rings. The first-order chi connectivity index (χ1) is 5.25. The second-order valence-electron chi connectivity index (χ2n) is 1.91. The van der Waals surface area contributed by atoms with Crippen LogP contribution in [0.2, 0.25) is 0 Å². The molecule has 54 valence electrons. The molecule has 3 nitrogen and oxygen atoms in total. The Hall–Kier alpha value is -1.82. The summed E-state index contributed by atoms with van der Waals surface area (Å²) in [4.78, 5) is 14.6. The topological polar surface area (TPSA) is 56.0 Å². The van der Waals surface area contributed by atoms with E-state index in [1.54, 1.807) is 12.1 Å². The van der Waals surface area contributed by atoms with Crippen LogP contribution in [0.4, 0.5) is 5.69 Å². The van der Waals surface area contributed by atoms with Gasteiger partial charge in [-0.3, -0.25) is 4.79 Å². The van der Waals surface area contributed by atoms with Crippen LogP contribution in [0.15, 0.2) is 18.3 Å². The van der Waals surface area contributed by atoms with Gasteiger partial charge in [0.2, 0.25) is 0 Å². The molecule has 0 saturated carbocycles. The van der Waals surface area contributed by atoms with Gasteiger partial charge in [0.15, 0.2) is 0 Å². The number of hydrogen-bond donors (Lipinski definition) is 1. The number of rotatable bonds is 1. The lowest BCUT2D eigenvalue weighted by atomic mass is 10.2. The van der Waals surface area contributed by atoms with Crippen molar-refractivity contribution in [3.05, 3.63) is 24.0 Å². The molecule has 1 heterocycles. The van der Waals surface area contributed by atoms with E-state index < -0.39 is 5.78 Å². The first kappa shape index (κ1) is 7.29. The average Bonchev–Trinajstić information content (AvgIpc) is 2.04. The molecule has 0 aliphatic carbocycles. The van der Waals surface area contributed by atoms with Gasteiger partial charge >= 0.3 is 0 Å². The summed E-state index contributed by atoms with van der Waals surface area (Å²) in [5.41, 5.74) is 5.88. The largest absolute Gasteiger partial charge is 0.397 e. The summed E-state index contributed by atoms with van der Waals surface area (Å²) < 4.78 is 0. The molecule has 1 aromatic heterocycles. The molecule has 0 aromatic carbocycles. The Morgan fingerprint density at radius 3 is 3.00 bits per heavy atom. The van der Waals surface area contributed by atoms with Crippen molar-refractivity contribution in [3.8, 4) is 12.3 Å². The van der Waals surface area contributed by atoms with Crippen molar-refractivity contribution < 1.29 is 4.79 Å². The number of ketones is 1. The van der Waals surface area contributed by atoms with Crippen LogP contribution in [0.3, 0.4) is 0 Å². The predicted molar refractivity (Wildman–Crippen MR) is 41.8 cm³/mol. The standard InChI is InChI=1S/C8H6N2O/c1-2-7(11)8-6(9)4-3-5-10-8/h1,3-5H,9H2. The molecule has 0 saturated heterocycles. The van der Waals surface area contributed by atoms with Crippen LogP contribution in [0.5, 0.6) is 0 Å². The average molecular weight is 146 g/mol. The molecule has 0 aliphatic rings. The highest BCUT2D eigenvalue weighted by atomic mass is 16.1. The summed E-state index contributed by atoms with van der Waals surface area (Å²) >= 11 is 0. The first-order valence-corrected chi connectivity index (χ1v) is 2.97. The summed E-state index contributed by atoms with van der Waals surface area (Å²) in [6, 6.07) is 3.22. The summed E-state index contributed by atoms with van der Waals surface area (Å²) in [5, 5.41) is 0. The van der Waals surface area contributed by atoms with E-state index in [0.717, 1.165) is 0 Å². The van der Waals surface area contributed by atoms with E-state index in [0.29, 0.717) is 5.69 Å². The first-order valence-electron chi connectivity index (χ1n) is 2.97. The van der Waals surface area contributed by atoms with Crippen molar-refractivity contribution in [2.75, 3.05) is 5.73 Å². The Labute approximate surface area is 64.2 Å². The van der Waals surface area contributed by atoms with Gasteiger partial charge < -0.3 is 5.73 Å². The lowest BCUT2D eigenvalue weighted by Crippen LogP contribution is -2.03. The van der Waals surface area contributed by atoms with Crippen LogP contribution in [0, 0.1) is 12.3 Å². The fourth-order valence-corrected chi connectivity index (χ4v) is 0.676. The zero-order valence-electron chi connectivity index (χ0n) is 5.74. The molecule has 1 rings (SSSR count). The van der Waals surface area contributed by atoms with E-state index in [4.69, 9.17) is 12.2 Å². The molecular formula is C8H6N2O. The van der Waals surface area contributed by atoms with Gasteiger partial charge in [-0.05, 0) is 18.1 Å². The summed E-state index contributed by atoms with van der Waals surface area (Å²) in [7, 11) is 0. The SMILES string of the molecule is C#CC(=O)c1ncccc1N. The minimum Gasteiger partial charge on any atom is -0.397 e. The van der Waals surface area contributed by atoms with Crippen LogP contribution >= 0.6 is 0 Å². The summed E-state index contributed by atoms with van der Waals surface area (Å²) in [5.74, 6) is 1.46. The molecule has 0 bridgehead atoms. The third-order valence-electron chi connectivity index (χ3n) is 1.19. The van der Waals surface area contributed by atoms with E-state index >= 15 is 0 Å². The maximum Gasteiger partial charge on any atom is 0.256 e. The Bertz CT molecular complexity index is 325. The lowest BCUT2D eigenvalue weighted by molar-refractivity contribution is 0.105. The number of aromatic nitrogens is 1. The van der Waals surface area contributed by atoms with Crippen molar-refractivity contribution in [3.63, 3.8) is 0 Å². The molecule has 0 atom stereocenters. The lowest BCUT2D eigenvalue weighted by Gasteiger charge is -1.95. The number of carbonyl (C=O) groups excluding carboxylic acids is 1. The number of anilines is 1. The Kier molecular flexibility index (Phi) is 1.88. The van der Waals surface area contributed by atoms with Gasteiger partial charge in [0.25, 0.3) is 5.78 Å². The molecule has 2 N–H and O–H groups in total. The quantitative estimate of drug-likeness (QED) is 0.356. The van der Waals surface area contributed by atoms with E-state index in [1.165, 1.54) is 6.20 Å². The predicted octanol–water partition coefficient (Wildman–Crippen LogP) is 0.480. The third-order valence-corrected chi connectivity index (χ3v) is 1.19. The molecule has 11 heavy (non-hydrogen) atoms. The van der Waals surface area contributed by atoms with E-state index in [-0.39, 0.29) is 5.69 Å². The number of carbonyl (C=O) groups is 1. The number of nitrogens with two attached hydrogens (primary N) is 1. The Morgan fingerprint density at radius 1 is 1.73 bits per heavy atom. The second kappa shape index (κ2) is 2.84. The molecule has 0 fully saturated rings.